The molecule has 0 aromatic carbocycles. The number of rotatable bonds is 31. The van der Waals surface area contributed by atoms with Crippen LogP contribution in [0, 0.1) is 17.8 Å². The molecule has 0 fully saturated rings. The standard InChI is InChI=1S/C45H86O7SSi2/c1-17-49-43(46)28-23-21-22-27-42(50-35-53-14)39(8)44(52-54(15,16)45(9,10)11)38(7)31-32-41(48-13)37(6)30-29-36(5)34-40(47-12)26-24-25-33-51-55(18-2,19-3)20-4/h21-24,26,28,30,36,38-42,44H,17-20,25,27,29,31-35H2,1-16H3/b22-21+,26-24+,28-23+,37-30+/t36-,38-,39-,40+,41+,42-,44-/m1/s1. The minimum atomic E-state index is -2.09. The summed E-state index contributed by atoms with van der Waals surface area (Å²) in [6.45, 7) is 30.6. The molecule has 0 bridgehead atoms. The van der Waals surface area contributed by atoms with Crippen molar-refractivity contribution in [3.8, 4) is 0 Å². The molecule has 0 radical (unpaired) electrons. The second-order valence-corrected chi connectivity index (χ2v) is 27.3. The number of thioether (sulfide) groups is 1. The fraction of sp³-hybridized carbons (Fsp3) is 0.800. The topological polar surface area (TPSA) is 72.5 Å². The van der Waals surface area contributed by atoms with Gasteiger partial charge >= 0.3 is 5.97 Å². The highest BCUT2D eigenvalue weighted by atomic mass is 32.2. The van der Waals surface area contributed by atoms with Gasteiger partial charge in [-0.1, -0.05) is 98.8 Å². The number of hydrogen-bond donors (Lipinski definition) is 0. The van der Waals surface area contributed by atoms with Crippen LogP contribution in [0.2, 0.25) is 36.3 Å². The number of esters is 1. The Morgan fingerprint density at radius 1 is 0.891 bits per heavy atom. The van der Waals surface area contributed by atoms with Crippen molar-refractivity contribution in [2.24, 2.45) is 17.8 Å². The lowest BCUT2D eigenvalue weighted by atomic mass is 9.84. The first-order valence-corrected chi connectivity index (χ1v) is 28.0. The van der Waals surface area contributed by atoms with Crippen molar-refractivity contribution in [3.63, 3.8) is 0 Å². The number of ether oxygens (including phenoxy) is 4. The van der Waals surface area contributed by atoms with Crippen molar-refractivity contribution in [2.45, 2.75) is 175 Å². The zero-order valence-electron chi connectivity index (χ0n) is 38.3. The zero-order valence-corrected chi connectivity index (χ0v) is 41.2. The molecule has 10 heteroatoms. The summed E-state index contributed by atoms with van der Waals surface area (Å²) >= 11 is 1.69. The van der Waals surface area contributed by atoms with Crippen LogP contribution in [0.5, 0.6) is 0 Å². The smallest absolute Gasteiger partial charge is 0.330 e. The molecule has 7 nitrogen and oxygen atoms in total. The van der Waals surface area contributed by atoms with Crippen molar-refractivity contribution in [1.29, 1.82) is 0 Å². The van der Waals surface area contributed by atoms with Crippen LogP contribution in [0.3, 0.4) is 0 Å². The lowest BCUT2D eigenvalue weighted by Crippen LogP contribution is -2.49. The van der Waals surface area contributed by atoms with Crippen molar-refractivity contribution in [1.82, 2.24) is 0 Å². The molecule has 0 saturated carbocycles. The van der Waals surface area contributed by atoms with Crippen LogP contribution in [0.1, 0.15) is 115 Å². The summed E-state index contributed by atoms with van der Waals surface area (Å²) in [5.74, 6) is 1.22. The lowest BCUT2D eigenvalue weighted by Gasteiger charge is -2.44. The molecule has 0 aliphatic carbocycles. The van der Waals surface area contributed by atoms with Gasteiger partial charge in [0.1, 0.15) is 0 Å². The monoisotopic (exact) mass is 827 g/mol. The van der Waals surface area contributed by atoms with E-state index in [1.165, 1.54) is 29.8 Å². The van der Waals surface area contributed by atoms with E-state index in [-0.39, 0.29) is 41.3 Å². The summed E-state index contributed by atoms with van der Waals surface area (Å²) in [5.41, 5.74) is 1.29. The van der Waals surface area contributed by atoms with Crippen LogP contribution in [0.15, 0.2) is 48.1 Å². The molecule has 0 saturated heterocycles. The largest absolute Gasteiger partial charge is 0.463 e. The van der Waals surface area contributed by atoms with Gasteiger partial charge < -0.3 is 27.8 Å². The molecular formula is C45H86O7SSi2. The molecule has 0 aliphatic rings. The lowest BCUT2D eigenvalue weighted by molar-refractivity contribution is -0.137. The summed E-state index contributed by atoms with van der Waals surface area (Å²) in [6.07, 6.45) is 21.8. The molecule has 0 spiro atoms. The Labute approximate surface area is 346 Å². The second-order valence-electron chi connectivity index (χ2n) is 17.0. The maximum atomic E-state index is 11.7. The van der Waals surface area contributed by atoms with Gasteiger partial charge in [0.2, 0.25) is 0 Å². The van der Waals surface area contributed by atoms with E-state index >= 15 is 0 Å². The van der Waals surface area contributed by atoms with Crippen molar-refractivity contribution >= 4 is 34.4 Å². The van der Waals surface area contributed by atoms with Gasteiger partial charge in [-0.3, -0.25) is 0 Å². The van der Waals surface area contributed by atoms with Gasteiger partial charge in [-0.05, 0) is 112 Å². The van der Waals surface area contributed by atoms with E-state index in [0.717, 1.165) is 45.1 Å². The van der Waals surface area contributed by atoms with Gasteiger partial charge in [-0.2, -0.15) is 0 Å². The van der Waals surface area contributed by atoms with Crippen LogP contribution in [-0.2, 0) is 32.6 Å². The molecule has 0 heterocycles. The van der Waals surface area contributed by atoms with Gasteiger partial charge in [0.25, 0.3) is 0 Å². The van der Waals surface area contributed by atoms with Crippen LogP contribution in [0.4, 0.5) is 0 Å². The number of carbonyl (C=O) groups is 1. The molecule has 0 aliphatic heterocycles. The molecule has 322 valence electrons. The molecule has 0 N–H and O–H groups in total. The number of allylic oxidation sites excluding steroid dienone is 3. The van der Waals surface area contributed by atoms with Crippen LogP contribution < -0.4 is 0 Å². The van der Waals surface area contributed by atoms with E-state index in [4.69, 9.17) is 27.8 Å². The van der Waals surface area contributed by atoms with E-state index in [1.807, 2.05) is 27.2 Å². The highest BCUT2D eigenvalue weighted by molar-refractivity contribution is 7.98. The second kappa shape index (κ2) is 29.3. The number of methoxy groups -OCH3 is 2. The van der Waals surface area contributed by atoms with E-state index in [0.29, 0.717) is 24.4 Å². The minimum absolute atomic E-state index is 0.0261. The fourth-order valence-corrected chi connectivity index (χ4v) is 11.2. The molecular weight excluding hydrogens is 741 g/mol. The number of hydrogen-bond acceptors (Lipinski definition) is 8. The third-order valence-corrected chi connectivity index (χ3v) is 21.4. The predicted octanol–water partition coefficient (Wildman–Crippen LogP) is 12.6. The average Bonchev–Trinajstić information content (AvgIpc) is 3.14. The first kappa shape index (κ1) is 54.0. The Bertz CT molecular complexity index is 1120. The maximum Gasteiger partial charge on any atom is 0.330 e. The summed E-state index contributed by atoms with van der Waals surface area (Å²) in [6, 6.07) is 3.57. The van der Waals surface area contributed by atoms with E-state index in [2.05, 4.69) is 113 Å². The van der Waals surface area contributed by atoms with Crippen LogP contribution >= 0.6 is 11.8 Å². The predicted molar refractivity (Wildman–Crippen MR) is 243 cm³/mol. The Balaban J connectivity index is 5.72. The third kappa shape index (κ3) is 21.5. The molecule has 0 aromatic heterocycles. The molecule has 0 aromatic rings. The first-order valence-electron chi connectivity index (χ1n) is 21.2. The van der Waals surface area contributed by atoms with E-state index in [9.17, 15) is 4.79 Å². The van der Waals surface area contributed by atoms with E-state index < -0.39 is 16.6 Å². The zero-order chi connectivity index (χ0) is 42.1. The summed E-state index contributed by atoms with van der Waals surface area (Å²) in [7, 11) is 0.0219. The fourth-order valence-electron chi connectivity index (χ4n) is 6.70. The molecule has 0 unspecified atom stereocenters. The van der Waals surface area contributed by atoms with Gasteiger partial charge in [-0.15, -0.1) is 11.8 Å². The van der Waals surface area contributed by atoms with Crippen molar-refractivity contribution in [3.05, 3.63) is 48.1 Å². The Kier molecular flexibility index (Phi) is 28.7. The number of carbonyl (C=O) groups excluding carboxylic acids is 1. The summed E-state index contributed by atoms with van der Waals surface area (Å²) in [4.78, 5) is 11.7. The molecule has 0 amide bonds. The molecule has 0 rings (SSSR count). The maximum absolute atomic E-state index is 11.7. The average molecular weight is 827 g/mol. The Morgan fingerprint density at radius 3 is 2.09 bits per heavy atom. The third-order valence-electron chi connectivity index (χ3n) is 11.9. The first-order chi connectivity index (χ1) is 25.9. The van der Waals surface area contributed by atoms with Gasteiger partial charge in [0.15, 0.2) is 16.6 Å². The Hall–Kier alpha value is -0.986. The van der Waals surface area contributed by atoms with Crippen molar-refractivity contribution in [2.75, 3.05) is 39.6 Å². The minimum Gasteiger partial charge on any atom is -0.463 e. The van der Waals surface area contributed by atoms with Gasteiger partial charge in [0.05, 0.1) is 37.0 Å². The van der Waals surface area contributed by atoms with E-state index in [1.54, 1.807) is 17.8 Å². The highest BCUT2D eigenvalue weighted by Gasteiger charge is 2.43. The highest BCUT2D eigenvalue weighted by Crippen LogP contribution is 2.41. The summed E-state index contributed by atoms with van der Waals surface area (Å²) in [5, 5.41) is 0.0849. The normalized spacial score (nSPS) is 17.5. The Morgan fingerprint density at radius 2 is 1.55 bits per heavy atom. The SMILES string of the molecule is CCOC(=O)/C=C/C=C/C[C@@H](OCSC)[C@@H](C)[C@H](O[Si](C)(C)C(C)(C)C)[C@H](C)CC[C@H](OC)/C(C)=C/C[C@@H](C)C[C@H](/C=C/CCO[Si](CC)(CC)CC)OC. The molecule has 7 atom stereocenters. The van der Waals surface area contributed by atoms with Crippen molar-refractivity contribution < 1.29 is 32.6 Å². The summed E-state index contributed by atoms with van der Waals surface area (Å²) < 4.78 is 37.1. The quantitative estimate of drug-likeness (QED) is 0.0130. The van der Waals surface area contributed by atoms with Crippen LogP contribution in [0.25, 0.3) is 0 Å². The van der Waals surface area contributed by atoms with Gasteiger partial charge in [-0.25, -0.2) is 4.79 Å². The van der Waals surface area contributed by atoms with Gasteiger partial charge in [0, 0.05) is 32.8 Å². The molecule has 55 heavy (non-hydrogen) atoms. The van der Waals surface area contributed by atoms with Crippen LogP contribution in [-0.4, -0.2) is 86.6 Å².